The van der Waals surface area contributed by atoms with E-state index >= 15 is 0 Å². The van der Waals surface area contributed by atoms with Crippen LogP contribution in [0.3, 0.4) is 0 Å². The first kappa shape index (κ1) is 27.5. The summed E-state index contributed by atoms with van der Waals surface area (Å²) >= 11 is 0. The van der Waals surface area contributed by atoms with Crippen LogP contribution in [-0.4, -0.2) is 54.0 Å². The standard InChI is InChI=1S/C11H17FN5O13P3/c1-5-3-17(11(19)14-9(5)18)8-2-6(15-16-13)7(28-8)4-27-32(23,24)30-33(25,26)29-10(12)31(20,21)22/h3,6-8,10H,2,4H2,1H3,(H,23,24)(H,25,26)(H,14,18,19)(H2,20,21,22)/t6-,7+,8+,10?/m0/s1. The van der Waals surface area contributed by atoms with Gasteiger partial charge in [-0.2, -0.15) is 4.31 Å². The van der Waals surface area contributed by atoms with E-state index in [1.807, 2.05) is 4.98 Å². The fraction of sp³-hybridized carbons (Fsp3) is 0.636. The van der Waals surface area contributed by atoms with Gasteiger partial charge in [0, 0.05) is 23.1 Å². The van der Waals surface area contributed by atoms with E-state index in [4.69, 9.17) is 20.1 Å². The Bertz CT molecular complexity index is 1190. The lowest BCUT2D eigenvalue weighted by Gasteiger charge is -2.20. The summed E-state index contributed by atoms with van der Waals surface area (Å²) in [6, 6.07) is -1.08. The minimum Gasteiger partial charge on any atom is -0.352 e. The maximum absolute atomic E-state index is 13.1. The lowest BCUT2D eigenvalue weighted by molar-refractivity contribution is -0.0273. The van der Waals surface area contributed by atoms with E-state index in [-0.39, 0.29) is 12.0 Å². The Morgan fingerprint density at radius 2 is 1.97 bits per heavy atom. The molecule has 1 fully saturated rings. The van der Waals surface area contributed by atoms with Crippen LogP contribution in [0, 0.1) is 6.92 Å². The predicted octanol–water partition coefficient (Wildman–Crippen LogP) is 0.493. The van der Waals surface area contributed by atoms with Crippen molar-refractivity contribution in [1.29, 1.82) is 0 Å². The second-order valence-electron chi connectivity index (χ2n) is 6.42. The van der Waals surface area contributed by atoms with Crippen LogP contribution in [0.15, 0.2) is 20.9 Å². The zero-order valence-electron chi connectivity index (χ0n) is 16.3. The van der Waals surface area contributed by atoms with Gasteiger partial charge in [-0.3, -0.25) is 23.4 Å². The molecule has 1 aliphatic heterocycles. The molecule has 5 N–H and O–H groups in total. The van der Waals surface area contributed by atoms with E-state index < -0.39 is 65.6 Å². The van der Waals surface area contributed by atoms with Gasteiger partial charge in [-0.25, -0.2) is 22.8 Å². The molecule has 0 saturated carbocycles. The maximum atomic E-state index is 13.1. The number of phosphoric acid groups is 2. The van der Waals surface area contributed by atoms with Crippen LogP contribution in [0.1, 0.15) is 18.2 Å². The molecular weight excluding hydrogens is 522 g/mol. The minimum absolute atomic E-state index is 0.145. The Hall–Kier alpha value is -1.71. The number of nitrogens with zero attached hydrogens (tertiary/aromatic N) is 4. The van der Waals surface area contributed by atoms with Crippen LogP contribution in [0.2, 0.25) is 0 Å². The van der Waals surface area contributed by atoms with Gasteiger partial charge < -0.3 is 24.3 Å². The van der Waals surface area contributed by atoms with E-state index in [1.54, 1.807) is 0 Å². The quantitative estimate of drug-likeness (QED) is 0.117. The van der Waals surface area contributed by atoms with Gasteiger partial charge in [0.05, 0.1) is 18.8 Å². The Balaban J connectivity index is 2.11. The summed E-state index contributed by atoms with van der Waals surface area (Å²) in [6.45, 7) is 0.473. The molecule has 22 heteroatoms. The van der Waals surface area contributed by atoms with Crippen molar-refractivity contribution in [3.05, 3.63) is 43.0 Å². The third-order valence-electron chi connectivity index (χ3n) is 3.95. The highest BCUT2D eigenvalue weighted by molar-refractivity contribution is 7.61. The summed E-state index contributed by atoms with van der Waals surface area (Å²) in [6.07, 6.45) is -5.04. The zero-order valence-corrected chi connectivity index (χ0v) is 19.0. The lowest BCUT2D eigenvalue weighted by atomic mass is 10.1. The molecule has 0 aliphatic carbocycles. The number of hydrogen-bond donors (Lipinski definition) is 5. The van der Waals surface area contributed by atoms with Crippen LogP contribution in [-0.2, 0) is 31.8 Å². The number of ether oxygens (including phenoxy) is 1. The normalized spacial score (nSPS) is 25.6. The molecule has 1 saturated heterocycles. The number of aryl methyl sites for hydroxylation is 1. The van der Waals surface area contributed by atoms with Crippen LogP contribution < -0.4 is 11.2 Å². The maximum Gasteiger partial charge on any atom is 0.484 e. The number of hydrogen-bond acceptors (Lipinski definition) is 10. The number of nitrogens with one attached hydrogen (secondary N) is 1. The third kappa shape index (κ3) is 7.65. The first-order chi connectivity index (χ1) is 15.0. The highest BCUT2D eigenvalue weighted by Crippen LogP contribution is 2.63. The first-order valence-electron chi connectivity index (χ1n) is 8.45. The summed E-state index contributed by atoms with van der Waals surface area (Å²) in [7, 11) is -17.0. The molecule has 6 atom stereocenters. The third-order valence-corrected chi connectivity index (χ3v) is 7.33. The van der Waals surface area contributed by atoms with Gasteiger partial charge in [0.25, 0.3) is 5.56 Å². The van der Waals surface area contributed by atoms with Crippen LogP contribution in [0.5, 0.6) is 0 Å². The zero-order chi connectivity index (χ0) is 25.2. The molecule has 1 aromatic heterocycles. The van der Waals surface area contributed by atoms with Crippen molar-refractivity contribution in [3.63, 3.8) is 0 Å². The number of aromatic nitrogens is 2. The fourth-order valence-electron chi connectivity index (χ4n) is 2.54. The minimum atomic E-state index is -5.84. The molecule has 1 aliphatic rings. The van der Waals surface area contributed by atoms with Crippen LogP contribution in [0.4, 0.5) is 4.39 Å². The Morgan fingerprint density at radius 3 is 2.55 bits per heavy atom. The number of halogens is 1. The number of H-pyrrole nitrogens is 1. The monoisotopic (exact) mass is 539 g/mol. The molecule has 2 rings (SSSR count). The average molecular weight is 539 g/mol. The molecule has 0 radical (unpaired) electrons. The summed E-state index contributed by atoms with van der Waals surface area (Å²) in [5.41, 5.74) is 7.33. The van der Waals surface area contributed by atoms with Crippen molar-refractivity contribution in [2.24, 2.45) is 5.11 Å². The molecule has 0 spiro atoms. The second-order valence-corrected chi connectivity index (χ2v) is 11.0. The van der Waals surface area contributed by atoms with Crippen molar-refractivity contribution in [2.75, 3.05) is 6.61 Å². The molecule has 0 amide bonds. The summed E-state index contributed by atoms with van der Waals surface area (Å²) in [5, 5.41) is 3.40. The van der Waals surface area contributed by atoms with Crippen molar-refractivity contribution >= 4 is 23.2 Å². The molecule has 2 heterocycles. The molecule has 186 valence electrons. The summed E-state index contributed by atoms with van der Waals surface area (Å²) in [4.78, 5) is 63.9. The molecule has 3 unspecified atom stereocenters. The van der Waals surface area contributed by atoms with E-state index in [2.05, 4.69) is 23.4 Å². The lowest BCUT2D eigenvalue weighted by Crippen LogP contribution is -2.33. The number of rotatable bonds is 10. The second kappa shape index (κ2) is 10.3. The molecule has 1 aromatic rings. The summed E-state index contributed by atoms with van der Waals surface area (Å²) in [5.74, 6) is 0. The average Bonchev–Trinajstić information content (AvgIpc) is 3.04. The van der Waals surface area contributed by atoms with E-state index in [0.29, 0.717) is 0 Å². The molecular formula is C11H17FN5O13P3. The fourth-order valence-corrected chi connectivity index (χ4v) is 5.33. The SMILES string of the molecule is Cc1cn([C@H]2C[C@H](N=[N+]=[N-])[C@@H](COP(=O)(O)OP(=O)(O)OC(F)P(=O)(O)O)O2)c(=O)[nH]c1=O. The number of aromatic amines is 1. The van der Waals surface area contributed by atoms with Gasteiger partial charge in [-0.1, -0.05) is 5.11 Å². The van der Waals surface area contributed by atoms with Crippen LogP contribution >= 0.6 is 23.2 Å². The van der Waals surface area contributed by atoms with Gasteiger partial charge >= 0.3 is 35.0 Å². The largest absolute Gasteiger partial charge is 0.484 e. The summed E-state index contributed by atoms with van der Waals surface area (Å²) < 4.78 is 65.3. The molecule has 0 bridgehead atoms. The highest BCUT2D eigenvalue weighted by atomic mass is 31.3. The van der Waals surface area contributed by atoms with E-state index in [1.165, 1.54) is 6.92 Å². The predicted molar refractivity (Wildman–Crippen MR) is 102 cm³/mol. The van der Waals surface area contributed by atoms with Gasteiger partial charge in [-0.05, 0) is 12.5 Å². The van der Waals surface area contributed by atoms with Crippen molar-refractivity contribution in [1.82, 2.24) is 9.55 Å². The first-order valence-corrected chi connectivity index (χ1v) is 13.1. The highest BCUT2D eigenvalue weighted by Gasteiger charge is 2.44. The van der Waals surface area contributed by atoms with E-state index in [0.717, 1.165) is 10.8 Å². The Labute approximate surface area is 181 Å². The smallest absolute Gasteiger partial charge is 0.352 e. The Morgan fingerprint density at radius 1 is 1.33 bits per heavy atom. The molecule has 0 aromatic carbocycles. The van der Waals surface area contributed by atoms with Crippen LogP contribution in [0.25, 0.3) is 10.4 Å². The van der Waals surface area contributed by atoms with Gasteiger partial charge in [-0.15, -0.1) is 0 Å². The van der Waals surface area contributed by atoms with Gasteiger partial charge in [0.1, 0.15) is 6.23 Å². The van der Waals surface area contributed by atoms with Crippen molar-refractivity contribution < 1.29 is 55.8 Å². The van der Waals surface area contributed by atoms with Crippen molar-refractivity contribution in [2.45, 2.75) is 37.8 Å². The van der Waals surface area contributed by atoms with Gasteiger partial charge in [0.2, 0.25) is 0 Å². The number of azide groups is 1. The molecule has 18 nitrogen and oxygen atoms in total. The van der Waals surface area contributed by atoms with Gasteiger partial charge in [0.15, 0.2) is 0 Å². The molecule has 33 heavy (non-hydrogen) atoms. The number of phosphoric ester groups is 2. The van der Waals surface area contributed by atoms with Crippen molar-refractivity contribution in [3.8, 4) is 0 Å². The number of alkyl halides is 1. The topological polar surface area (TPSA) is 273 Å². The Kier molecular flexibility index (Phi) is 8.57. The van der Waals surface area contributed by atoms with E-state index in [9.17, 15) is 37.5 Å².